The number of carbonyl (C=O) groups is 1. The van der Waals surface area contributed by atoms with Crippen LogP contribution in [0.25, 0.3) is 0 Å². The third kappa shape index (κ3) is 3.56. The van der Waals surface area contributed by atoms with Crippen LogP contribution in [0, 0.1) is 10.1 Å². The average molecular weight is 286 g/mol. The van der Waals surface area contributed by atoms with Gasteiger partial charge in [-0.25, -0.2) is 0 Å². The minimum Gasteiger partial charge on any atom is -0.496 e. The Morgan fingerprint density at radius 2 is 1.86 bits per heavy atom. The van der Waals surface area contributed by atoms with Crippen molar-refractivity contribution in [3.63, 3.8) is 0 Å². The molecule has 6 heteroatoms. The monoisotopic (exact) mass is 286 g/mol. The first-order chi connectivity index (χ1) is 10.1. The van der Waals surface area contributed by atoms with E-state index < -0.39 is 4.92 Å². The van der Waals surface area contributed by atoms with Gasteiger partial charge in [0.2, 0.25) is 5.91 Å². The number of para-hydroxylation sites is 3. The lowest BCUT2D eigenvalue weighted by Gasteiger charge is -2.09. The van der Waals surface area contributed by atoms with E-state index in [1.165, 1.54) is 19.2 Å². The molecule has 0 spiro atoms. The lowest BCUT2D eigenvalue weighted by Crippen LogP contribution is -2.15. The van der Waals surface area contributed by atoms with Crippen LogP contribution < -0.4 is 10.1 Å². The van der Waals surface area contributed by atoms with Crippen molar-refractivity contribution in [2.24, 2.45) is 0 Å². The number of nitro benzene ring substituents is 1. The zero-order valence-electron chi connectivity index (χ0n) is 11.4. The van der Waals surface area contributed by atoms with Gasteiger partial charge in [0.15, 0.2) is 0 Å². The van der Waals surface area contributed by atoms with Gasteiger partial charge in [-0.05, 0) is 12.1 Å². The zero-order valence-corrected chi connectivity index (χ0v) is 11.4. The van der Waals surface area contributed by atoms with E-state index in [2.05, 4.69) is 5.32 Å². The van der Waals surface area contributed by atoms with Crippen LogP contribution >= 0.6 is 0 Å². The second kappa shape index (κ2) is 6.51. The Hall–Kier alpha value is -2.89. The molecule has 1 N–H and O–H groups in total. The van der Waals surface area contributed by atoms with E-state index in [4.69, 9.17) is 4.74 Å². The summed E-state index contributed by atoms with van der Waals surface area (Å²) < 4.78 is 5.17. The fraction of sp³-hybridized carbons (Fsp3) is 0.133. The molecule has 2 rings (SSSR count). The van der Waals surface area contributed by atoms with Gasteiger partial charge in [-0.2, -0.15) is 0 Å². The van der Waals surface area contributed by atoms with Crippen molar-refractivity contribution in [1.82, 2.24) is 0 Å². The number of hydrogen-bond donors (Lipinski definition) is 1. The predicted octanol–water partition coefficient (Wildman–Crippen LogP) is 2.78. The topological polar surface area (TPSA) is 81.5 Å². The third-order valence-corrected chi connectivity index (χ3v) is 2.92. The molecule has 0 atom stereocenters. The van der Waals surface area contributed by atoms with Gasteiger partial charge in [0.1, 0.15) is 11.4 Å². The summed E-state index contributed by atoms with van der Waals surface area (Å²) in [5.41, 5.74) is 0.768. The Labute approximate surface area is 121 Å². The highest BCUT2D eigenvalue weighted by Gasteiger charge is 2.15. The molecule has 21 heavy (non-hydrogen) atoms. The van der Waals surface area contributed by atoms with E-state index in [-0.39, 0.29) is 23.7 Å². The van der Waals surface area contributed by atoms with E-state index in [0.29, 0.717) is 5.75 Å². The molecule has 6 nitrogen and oxygen atoms in total. The third-order valence-electron chi connectivity index (χ3n) is 2.92. The van der Waals surface area contributed by atoms with Crippen LogP contribution in [0.1, 0.15) is 5.56 Å². The first kappa shape index (κ1) is 14.5. The highest BCUT2D eigenvalue weighted by atomic mass is 16.6. The van der Waals surface area contributed by atoms with Gasteiger partial charge in [0, 0.05) is 11.6 Å². The Bertz CT molecular complexity index is 670. The maximum absolute atomic E-state index is 12.0. The summed E-state index contributed by atoms with van der Waals surface area (Å²) >= 11 is 0. The molecule has 0 radical (unpaired) electrons. The summed E-state index contributed by atoms with van der Waals surface area (Å²) in [5, 5.41) is 13.5. The smallest absolute Gasteiger partial charge is 0.292 e. The molecule has 0 saturated heterocycles. The summed E-state index contributed by atoms with van der Waals surface area (Å²) in [6, 6.07) is 13.2. The minimum absolute atomic E-state index is 0.0794. The maximum Gasteiger partial charge on any atom is 0.292 e. The molecule has 108 valence electrons. The fourth-order valence-electron chi connectivity index (χ4n) is 1.95. The van der Waals surface area contributed by atoms with Gasteiger partial charge in [-0.1, -0.05) is 30.3 Å². The number of anilines is 1. The zero-order chi connectivity index (χ0) is 15.2. The minimum atomic E-state index is -0.529. The molecule has 2 aromatic rings. The summed E-state index contributed by atoms with van der Waals surface area (Å²) in [6.45, 7) is 0. The molecule has 2 aromatic carbocycles. The van der Waals surface area contributed by atoms with Crippen LogP contribution in [-0.4, -0.2) is 17.9 Å². The summed E-state index contributed by atoms with van der Waals surface area (Å²) in [4.78, 5) is 22.4. The Kier molecular flexibility index (Phi) is 4.50. The van der Waals surface area contributed by atoms with Crippen LogP contribution in [0.3, 0.4) is 0 Å². The Morgan fingerprint density at radius 1 is 1.19 bits per heavy atom. The van der Waals surface area contributed by atoms with Crippen LogP contribution in [0.4, 0.5) is 11.4 Å². The van der Waals surface area contributed by atoms with Gasteiger partial charge in [0.05, 0.1) is 18.5 Å². The molecular formula is C15H14N2O4. The second-order valence-corrected chi connectivity index (χ2v) is 4.31. The van der Waals surface area contributed by atoms with E-state index in [0.717, 1.165) is 5.56 Å². The predicted molar refractivity (Wildman–Crippen MR) is 78.4 cm³/mol. The normalized spacial score (nSPS) is 9.95. The maximum atomic E-state index is 12.0. The molecule has 0 aliphatic heterocycles. The summed E-state index contributed by atoms with van der Waals surface area (Å²) in [5.74, 6) is 0.268. The van der Waals surface area contributed by atoms with E-state index in [9.17, 15) is 14.9 Å². The van der Waals surface area contributed by atoms with Crippen molar-refractivity contribution in [3.05, 3.63) is 64.2 Å². The van der Waals surface area contributed by atoms with E-state index >= 15 is 0 Å². The van der Waals surface area contributed by atoms with Crippen molar-refractivity contribution >= 4 is 17.3 Å². The van der Waals surface area contributed by atoms with Crippen LogP contribution in [0.15, 0.2) is 48.5 Å². The van der Waals surface area contributed by atoms with Gasteiger partial charge in [-0.15, -0.1) is 0 Å². The van der Waals surface area contributed by atoms with Gasteiger partial charge in [0.25, 0.3) is 5.69 Å². The molecule has 1 amide bonds. The van der Waals surface area contributed by atoms with Gasteiger partial charge < -0.3 is 10.1 Å². The molecule has 0 saturated carbocycles. The Morgan fingerprint density at radius 3 is 2.57 bits per heavy atom. The SMILES string of the molecule is COc1ccccc1CC(=O)Nc1ccccc1[N+](=O)[O-]. The van der Waals surface area contributed by atoms with Gasteiger partial charge in [-0.3, -0.25) is 14.9 Å². The molecule has 0 heterocycles. The van der Waals surface area contributed by atoms with Crippen molar-refractivity contribution in [2.45, 2.75) is 6.42 Å². The van der Waals surface area contributed by atoms with Crippen molar-refractivity contribution in [3.8, 4) is 5.75 Å². The molecule has 0 unspecified atom stereocenters. The number of benzene rings is 2. The van der Waals surface area contributed by atoms with Crippen molar-refractivity contribution in [1.29, 1.82) is 0 Å². The summed E-state index contributed by atoms with van der Waals surface area (Å²) in [7, 11) is 1.53. The first-order valence-electron chi connectivity index (χ1n) is 6.27. The van der Waals surface area contributed by atoms with Crippen LogP contribution in [-0.2, 0) is 11.2 Å². The standard InChI is InChI=1S/C15H14N2O4/c1-21-14-9-5-2-6-11(14)10-15(18)16-12-7-3-4-8-13(12)17(19)20/h2-9H,10H2,1H3,(H,16,18). The highest BCUT2D eigenvalue weighted by Crippen LogP contribution is 2.24. The number of hydrogen-bond acceptors (Lipinski definition) is 4. The van der Waals surface area contributed by atoms with Crippen LogP contribution in [0.2, 0.25) is 0 Å². The van der Waals surface area contributed by atoms with Crippen LogP contribution in [0.5, 0.6) is 5.75 Å². The number of ether oxygens (including phenoxy) is 1. The molecule has 0 aliphatic carbocycles. The molecule has 0 aliphatic rings. The number of nitrogens with zero attached hydrogens (tertiary/aromatic N) is 1. The molecule has 0 aromatic heterocycles. The van der Waals surface area contributed by atoms with E-state index in [1.807, 2.05) is 6.07 Å². The largest absolute Gasteiger partial charge is 0.496 e. The lowest BCUT2D eigenvalue weighted by molar-refractivity contribution is -0.383. The average Bonchev–Trinajstić information content (AvgIpc) is 2.48. The lowest BCUT2D eigenvalue weighted by atomic mass is 10.1. The molecule has 0 bridgehead atoms. The van der Waals surface area contributed by atoms with Crippen molar-refractivity contribution in [2.75, 3.05) is 12.4 Å². The first-order valence-corrected chi connectivity index (χ1v) is 6.27. The molecule has 0 fully saturated rings. The van der Waals surface area contributed by atoms with Gasteiger partial charge >= 0.3 is 0 Å². The molecular weight excluding hydrogens is 272 g/mol. The number of nitrogens with one attached hydrogen (secondary N) is 1. The van der Waals surface area contributed by atoms with Crippen molar-refractivity contribution < 1.29 is 14.5 Å². The number of amides is 1. The fourth-order valence-corrected chi connectivity index (χ4v) is 1.95. The second-order valence-electron chi connectivity index (χ2n) is 4.31. The number of carbonyl (C=O) groups excluding carboxylic acids is 1. The van der Waals surface area contributed by atoms with E-state index in [1.54, 1.807) is 30.3 Å². The number of rotatable bonds is 5. The quantitative estimate of drug-likeness (QED) is 0.677. The number of nitro groups is 1. The number of methoxy groups -OCH3 is 1. The highest BCUT2D eigenvalue weighted by molar-refractivity contribution is 5.94. The Balaban J connectivity index is 2.14. The summed E-state index contributed by atoms with van der Waals surface area (Å²) in [6.07, 6.45) is 0.0794.